The number of hydrogen-bond donors (Lipinski definition) is 1. The van der Waals surface area contributed by atoms with Crippen molar-refractivity contribution in [3.63, 3.8) is 0 Å². The maximum absolute atomic E-state index is 12.9. The summed E-state index contributed by atoms with van der Waals surface area (Å²) < 4.78 is 5.15. The van der Waals surface area contributed by atoms with Crippen molar-refractivity contribution in [2.24, 2.45) is 0 Å². The van der Waals surface area contributed by atoms with Gasteiger partial charge in [0.2, 0.25) is 0 Å². The van der Waals surface area contributed by atoms with Crippen molar-refractivity contribution in [3.05, 3.63) is 71.6 Å². The van der Waals surface area contributed by atoms with E-state index in [4.69, 9.17) is 16.3 Å². The topological polar surface area (TPSA) is 67.4 Å². The van der Waals surface area contributed by atoms with Crippen molar-refractivity contribution >= 4 is 34.7 Å². The summed E-state index contributed by atoms with van der Waals surface area (Å²) in [5.74, 6) is 0.892. The molecule has 3 aromatic rings. The first kappa shape index (κ1) is 18.7. The maximum Gasteiger partial charge on any atom is 0.277 e. The summed E-state index contributed by atoms with van der Waals surface area (Å²) >= 11 is 6.15. The van der Waals surface area contributed by atoms with E-state index in [0.717, 1.165) is 11.4 Å². The van der Waals surface area contributed by atoms with E-state index in [1.165, 1.54) is 6.33 Å². The number of para-hydroxylation sites is 1. The highest BCUT2D eigenvalue weighted by atomic mass is 35.5. The number of ether oxygens (including phenoxy) is 1. The average molecular weight is 383 g/mol. The first-order valence-electron chi connectivity index (χ1n) is 8.42. The Labute approximate surface area is 162 Å². The van der Waals surface area contributed by atoms with Gasteiger partial charge < -0.3 is 15.0 Å². The molecule has 0 unspecified atom stereocenters. The zero-order valence-corrected chi connectivity index (χ0v) is 15.8. The lowest BCUT2D eigenvalue weighted by Crippen LogP contribution is -2.31. The molecule has 1 N–H and O–H groups in total. The van der Waals surface area contributed by atoms with Crippen LogP contribution in [0, 0.1) is 0 Å². The Morgan fingerprint density at radius 1 is 1.15 bits per heavy atom. The minimum absolute atomic E-state index is 0.193. The van der Waals surface area contributed by atoms with Gasteiger partial charge in [-0.2, -0.15) is 0 Å². The van der Waals surface area contributed by atoms with Crippen LogP contribution in [-0.2, 0) is 0 Å². The molecule has 0 saturated carbocycles. The number of hydrogen-bond acceptors (Lipinski definition) is 5. The van der Waals surface area contributed by atoms with Gasteiger partial charge >= 0.3 is 0 Å². The fraction of sp³-hybridized carbons (Fsp3) is 0.150. The number of amides is 1. The molecule has 138 valence electrons. The SMILES string of the molecule is CCN(C(=O)c1cc(Nc2ccc(OC)c(Cl)c2)ncn1)c1ccccc1. The van der Waals surface area contributed by atoms with Crippen LogP contribution in [0.3, 0.4) is 0 Å². The first-order chi connectivity index (χ1) is 13.1. The third-order valence-corrected chi connectivity index (χ3v) is 4.24. The molecule has 0 bridgehead atoms. The van der Waals surface area contributed by atoms with Crippen LogP contribution in [0.1, 0.15) is 17.4 Å². The van der Waals surface area contributed by atoms with Crippen molar-refractivity contribution in [1.29, 1.82) is 0 Å². The molecule has 1 aromatic heterocycles. The molecule has 0 fully saturated rings. The van der Waals surface area contributed by atoms with Gasteiger partial charge in [0.15, 0.2) is 0 Å². The zero-order valence-electron chi connectivity index (χ0n) is 15.0. The van der Waals surface area contributed by atoms with Crippen LogP contribution in [0.15, 0.2) is 60.9 Å². The van der Waals surface area contributed by atoms with Crippen molar-refractivity contribution in [3.8, 4) is 5.75 Å². The van der Waals surface area contributed by atoms with Crippen LogP contribution < -0.4 is 15.0 Å². The number of rotatable bonds is 6. The molecular weight excluding hydrogens is 364 g/mol. The predicted octanol–water partition coefficient (Wildman–Crippen LogP) is 4.55. The number of nitrogens with zero attached hydrogens (tertiary/aromatic N) is 3. The fourth-order valence-corrected chi connectivity index (χ4v) is 2.88. The maximum atomic E-state index is 12.9. The Balaban J connectivity index is 1.82. The lowest BCUT2D eigenvalue weighted by molar-refractivity contribution is 0.0983. The molecule has 0 atom stereocenters. The summed E-state index contributed by atoms with van der Waals surface area (Å²) in [6.45, 7) is 2.45. The van der Waals surface area contributed by atoms with Crippen molar-refractivity contribution in [1.82, 2.24) is 9.97 Å². The van der Waals surface area contributed by atoms with Gasteiger partial charge in [-0.25, -0.2) is 9.97 Å². The molecule has 1 amide bonds. The van der Waals surface area contributed by atoms with Gasteiger partial charge in [-0.1, -0.05) is 29.8 Å². The second-order valence-electron chi connectivity index (χ2n) is 5.65. The van der Waals surface area contributed by atoms with E-state index < -0.39 is 0 Å². The molecule has 6 nitrogen and oxygen atoms in total. The number of aromatic nitrogens is 2. The van der Waals surface area contributed by atoms with Gasteiger partial charge in [-0.3, -0.25) is 4.79 Å². The largest absolute Gasteiger partial charge is 0.495 e. The average Bonchev–Trinajstić information content (AvgIpc) is 2.70. The molecule has 0 aliphatic heterocycles. The van der Waals surface area contributed by atoms with Gasteiger partial charge in [0.05, 0.1) is 12.1 Å². The number of nitrogens with one attached hydrogen (secondary N) is 1. The van der Waals surface area contributed by atoms with Crippen molar-refractivity contribution < 1.29 is 9.53 Å². The summed E-state index contributed by atoms with van der Waals surface area (Å²) in [6, 6.07) is 16.4. The molecule has 0 aliphatic carbocycles. The molecule has 3 rings (SSSR count). The highest BCUT2D eigenvalue weighted by Crippen LogP contribution is 2.28. The number of benzene rings is 2. The standard InChI is InChI=1S/C20H19ClN4O2/c1-3-25(15-7-5-4-6-8-15)20(26)17-12-19(23-13-22-17)24-14-9-10-18(27-2)16(21)11-14/h4-13H,3H2,1-2H3,(H,22,23,24). The van der Waals surface area contributed by atoms with Crippen LogP contribution in [0.5, 0.6) is 5.75 Å². The molecular formula is C20H19ClN4O2. The van der Waals surface area contributed by atoms with Gasteiger partial charge in [-0.15, -0.1) is 0 Å². The van der Waals surface area contributed by atoms with Crippen LogP contribution in [-0.4, -0.2) is 29.5 Å². The lowest BCUT2D eigenvalue weighted by Gasteiger charge is -2.20. The Kier molecular flexibility index (Phi) is 5.88. The molecule has 27 heavy (non-hydrogen) atoms. The van der Waals surface area contributed by atoms with Gasteiger partial charge in [0.1, 0.15) is 23.6 Å². The molecule has 1 heterocycles. The van der Waals surface area contributed by atoms with E-state index in [0.29, 0.717) is 28.8 Å². The first-order valence-corrected chi connectivity index (χ1v) is 8.79. The van der Waals surface area contributed by atoms with E-state index in [9.17, 15) is 4.79 Å². The highest BCUT2D eigenvalue weighted by molar-refractivity contribution is 6.32. The third-order valence-electron chi connectivity index (χ3n) is 3.94. The molecule has 0 saturated heterocycles. The van der Waals surface area contributed by atoms with Crippen LogP contribution in [0.4, 0.5) is 17.2 Å². The number of halogens is 1. The van der Waals surface area contributed by atoms with Crippen LogP contribution in [0.2, 0.25) is 5.02 Å². The van der Waals surface area contributed by atoms with E-state index in [1.54, 1.807) is 30.2 Å². The molecule has 0 aliphatic rings. The number of anilines is 3. The van der Waals surface area contributed by atoms with Crippen molar-refractivity contribution in [2.75, 3.05) is 23.9 Å². The Morgan fingerprint density at radius 2 is 1.93 bits per heavy atom. The minimum atomic E-state index is -0.193. The molecule has 0 spiro atoms. The van der Waals surface area contributed by atoms with E-state index in [-0.39, 0.29) is 5.91 Å². The minimum Gasteiger partial charge on any atom is -0.495 e. The van der Waals surface area contributed by atoms with E-state index in [1.807, 2.05) is 43.3 Å². The second-order valence-corrected chi connectivity index (χ2v) is 6.05. The Morgan fingerprint density at radius 3 is 2.59 bits per heavy atom. The second kappa shape index (κ2) is 8.51. The molecule has 7 heteroatoms. The lowest BCUT2D eigenvalue weighted by atomic mass is 10.2. The van der Waals surface area contributed by atoms with Crippen LogP contribution in [0.25, 0.3) is 0 Å². The van der Waals surface area contributed by atoms with E-state index in [2.05, 4.69) is 15.3 Å². The summed E-state index contributed by atoms with van der Waals surface area (Å²) in [6.07, 6.45) is 1.36. The zero-order chi connectivity index (χ0) is 19.2. The number of carbonyl (C=O) groups is 1. The predicted molar refractivity (Wildman–Crippen MR) is 107 cm³/mol. The number of methoxy groups -OCH3 is 1. The molecule has 0 radical (unpaired) electrons. The van der Waals surface area contributed by atoms with Gasteiger partial charge in [0, 0.05) is 24.0 Å². The number of carbonyl (C=O) groups excluding carboxylic acids is 1. The smallest absolute Gasteiger partial charge is 0.277 e. The highest BCUT2D eigenvalue weighted by Gasteiger charge is 2.18. The normalized spacial score (nSPS) is 10.3. The molecule has 2 aromatic carbocycles. The Bertz CT molecular complexity index is 934. The summed E-state index contributed by atoms with van der Waals surface area (Å²) in [7, 11) is 1.56. The van der Waals surface area contributed by atoms with Crippen LogP contribution >= 0.6 is 11.6 Å². The quantitative estimate of drug-likeness (QED) is 0.677. The van der Waals surface area contributed by atoms with E-state index >= 15 is 0 Å². The third kappa shape index (κ3) is 4.35. The monoisotopic (exact) mass is 382 g/mol. The summed E-state index contributed by atoms with van der Waals surface area (Å²) in [5, 5.41) is 3.61. The van der Waals surface area contributed by atoms with Crippen molar-refractivity contribution in [2.45, 2.75) is 6.92 Å². The summed E-state index contributed by atoms with van der Waals surface area (Å²) in [4.78, 5) is 22.9. The Hall–Kier alpha value is -3.12. The fourth-order valence-electron chi connectivity index (χ4n) is 2.62. The summed E-state index contributed by atoms with van der Waals surface area (Å²) in [5.41, 5.74) is 1.85. The van der Waals surface area contributed by atoms with Gasteiger partial charge in [0.25, 0.3) is 5.91 Å². The van der Waals surface area contributed by atoms with Gasteiger partial charge in [-0.05, 0) is 37.3 Å².